The number of carbonyl (C=O) groups is 6. The van der Waals surface area contributed by atoms with Crippen LogP contribution in [0.4, 0.5) is 13.2 Å². The minimum absolute atomic E-state index is 0.205. The monoisotopic (exact) mass is 705 g/mol. The van der Waals surface area contributed by atoms with E-state index in [0.29, 0.717) is 0 Å². The summed E-state index contributed by atoms with van der Waals surface area (Å²) < 4.78 is 86.8. The van der Waals surface area contributed by atoms with Crippen molar-refractivity contribution in [3.05, 3.63) is 0 Å². The van der Waals surface area contributed by atoms with Crippen molar-refractivity contribution in [1.29, 1.82) is 0 Å². The minimum atomic E-state index is -5.12. The van der Waals surface area contributed by atoms with Gasteiger partial charge in [0.2, 0.25) is 0 Å². The maximum atomic E-state index is 12.5. The fourth-order valence-electron chi connectivity index (χ4n) is 4.68. The van der Waals surface area contributed by atoms with Crippen LogP contribution in [-0.4, -0.2) is 140 Å². The van der Waals surface area contributed by atoms with Crippen molar-refractivity contribution >= 4 is 35.8 Å². The molecule has 10 atom stereocenters. The highest BCUT2D eigenvalue weighted by Gasteiger charge is 2.56. The zero-order valence-corrected chi connectivity index (χ0v) is 26.5. The van der Waals surface area contributed by atoms with Crippen LogP contribution in [0.5, 0.6) is 0 Å². The molecule has 2 aliphatic heterocycles. The average molecular weight is 706 g/mol. The largest absolute Gasteiger partial charge is 0.471 e. The average Bonchev–Trinajstić information content (AvgIpc) is 2.96. The Bertz CT molecular complexity index is 1150. The number of aliphatic hydroxyl groups excluding tert-OH is 2. The molecule has 0 saturated carbocycles. The molecule has 48 heavy (non-hydrogen) atoms. The summed E-state index contributed by atoms with van der Waals surface area (Å²) in [5.41, 5.74) is 0. The van der Waals surface area contributed by atoms with E-state index in [1.807, 2.05) is 0 Å². The van der Waals surface area contributed by atoms with Gasteiger partial charge in [-0.15, -0.1) is 0 Å². The van der Waals surface area contributed by atoms with E-state index in [-0.39, 0.29) is 6.42 Å². The van der Waals surface area contributed by atoms with Gasteiger partial charge in [0.05, 0.1) is 13.2 Å². The molecular formula is C27H38F3NO17. The molecule has 21 heteroatoms. The summed E-state index contributed by atoms with van der Waals surface area (Å²) in [4.78, 5) is 71.1. The van der Waals surface area contributed by atoms with Gasteiger partial charge in [-0.1, -0.05) is 0 Å². The number of rotatable bonds is 14. The second kappa shape index (κ2) is 18.2. The van der Waals surface area contributed by atoms with Gasteiger partial charge in [-0.2, -0.15) is 13.2 Å². The molecular weight excluding hydrogens is 667 g/mol. The normalized spacial score (nSPS) is 30.4. The lowest BCUT2D eigenvalue weighted by molar-refractivity contribution is -0.360. The van der Waals surface area contributed by atoms with Gasteiger partial charge in [-0.05, 0) is 6.42 Å². The topological polar surface area (TPSA) is 238 Å². The SMILES string of the molecule is CC(=O)OC[C@H]1O[C@@H](OCCCNC(=O)C(F)(F)F)[C@H](OC(C)=O)[C@@H](OC(C)=O)[C@@H]1O[C@@H]1O[C@H](CO)[C@H](O)[C@H](OC(C)=O)[C@H]1OC(C)=O. The van der Waals surface area contributed by atoms with Crippen molar-refractivity contribution in [2.75, 3.05) is 26.4 Å². The first-order valence-corrected chi connectivity index (χ1v) is 14.4. The summed E-state index contributed by atoms with van der Waals surface area (Å²) in [6.45, 7) is 2.59. The predicted molar refractivity (Wildman–Crippen MR) is 144 cm³/mol. The van der Waals surface area contributed by atoms with Crippen LogP contribution in [0.2, 0.25) is 0 Å². The van der Waals surface area contributed by atoms with E-state index in [1.165, 1.54) is 0 Å². The highest BCUT2D eigenvalue weighted by molar-refractivity contribution is 5.81. The number of amides is 1. The van der Waals surface area contributed by atoms with Crippen molar-refractivity contribution in [3.63, 3.8) is 0 Å². The Morgan fingerprint density at radius 2 is 1.21 bits per heavy atom. The number of alkyl halides is 3. The Hall–Kier alpha value is -3.63. The van der Waals surface area contributed by atoms with Gasteiger partial charge in [0, 0.05) is 41.2 Å². The van der Waals surface area contributed by atoms with Gasteiger partial charge >= 0.3 is 41.9 Å². The Balaban J connectivity index is 2.49. The molecule has 274 valence electrons. The lowest BCUT2D eigenvalue weighted by Gasteiger charge is -2.48. The second-order valence-electron chi connectivity index (χ2n) is 10.4. The van der Waals surface area contributed by atoms with Crippen molar-refractivity contribution in [2.45, 2.75) is 109 Å². The van der Waals surface area contributed by atoms with Crippen LogP contribution < -0.4 is 5.32 Å². The number of halogens is 3. The molecule has 0 unspecified atom stereocenters. The molecule has 1 amide bonds. The Morgan fingerprint density at radius 3 is 1.71 bits per heavy atom. The number of aliphatic hydroxyl groups is 2. The highest BCUT2D eigenvalue weighted by Crippen LogP contribution is 2.34. The lowest BCUT2D eigenvalue weighted by Crippen LogP contribution is -2.66. The molecule has 2 aliphatic rings. The van der Waals surface area contributed by atoms with Crippen molar-refractivity contribution < 1.29 is 94.8 Å². The van der Waals surface area contributed by atoms with E-state index in [1.54, 1.807) is 5.32 Å². The van der Waals surface area contributed by atoms with E-state index in [9.17, 15) is 52.2 Å². The van der Waals surface area contributed by atoms with Gasteiger partial charge in [-0.25, -0.2) is 0 Å². The molecule has 18 nitrogen and oxygen atoms in total. The van der Waals surface area contributed by atoms with E-state index >= 15 is 0 Å². The van der Waals surface area contributed by atoms with E-state index in [0.717, 1.165) is 34.6 Å². The lowest BCUT2D eigenvalue weighted by atomic mass is 9.96. The Kier molecular flexibility index (Phi) is 15.4. The van der Waals surface area contributed by atoms with Gasteiger partial charge in [0.1, 0.15) is 31.0 Å². The van der Waals surface area contributed by atoms with E-state index < -0.39 is 130 Å². The maximum absolute atomic E-state index is 12.5. The first kappa shape index (κ1) is 40.5. The highest BCUT2D eigenvalue weighted by atomic mass is 19.4. The number of carbonyl (C=O) groups excluding carboxylic acids is 6. The van der Waals surface area contributed by atoms with E-state index in [2.05, 4.69) is 0 Å². The zero-order chi connectivity index (χ0) is 36.3. The molecule has 0 aromatic rings. The number of nitrogens with one attached hydrogen (secondary N) is 1. The molecule has 0 aromatic heterocycles. The number of esters is 5. The molecule has 2 rings (SSSR count). The molecule has 2 saturated heterocycles. The van der Waals surface area contributed by atoms with Crippen LogP contribution >= 0.6 is 0 Å². The summed E-state index contributed by atoms with van der Waals surface area (Å²) in [5, 5.41) is 22.2. The smallest absolute Gasteiger partial charge is 0.463 e. The molecule has 2 heterocycles. The van der Waals surface area contributed by atoms with Crippen molar-refractivity contribution in [2.24, 2.45) is 0 Å². The third-order valence-electron chi connectivity index (χ3n) is 6.49. The second-order valence-corrected chi connectivity index (χ2v) is 10.4. The van der Waals surface area contributed by atoms with Crippen LogP contribution in [0.1, 0.15) is 41.0 Å². The minimum Gasteiger partial charge on any atom is -0.463 e. The summed E-state index contributed by atoms with van der Waals surface area (Å²) in [5.74, 6) is -6.78. The third-order valence-corrected chi connectivity index (χ3v) is 6.49. The summed E-state index contributed by atoms with van der Waals surface area (Å²) >= 11 is 0. The standard InChI is InChI=1S/C27H38F3NO17/c1-11(33)41-10-17-19(48-25-22(44-14(4)36)20(42-12(2)34)18(38)16(9-32)46-25)21(43-13(3)35)23(45-15(5)37)24(47-17)40-8-6-7-31-26(39)27(28,29)30/h16-25,32,38H,6-10H2,1-5H3,(H,31,39)/t16-,17-,18+,19-,20+,21+,22-,23-,24-,25+/m1/s1. The van der Waals surface area contributed by atoms with Gasteiger partial charge in [0.25, 0.3) is 0 Å². The number of hydrogen-bond acceptors (Lipinski definition) is 17. The first-order valence-electron chi connectivity index (χ1n) is 14.4. The Labute approximate surface area is 271 Å². The van der Waals surface area contributed by atoms with Gasteiger partial charge < -0.3 is 58.2 Å². The molecule has 0 aliphatic carbocycles. The maximum Gasteiger partial charge on any atom is 0.471 e. The Morgan fingerprint density at radius 1 is 0.708 bits per heavy atom. The number of hydrogen-bond donors (Lipinski definition) is 3. The van der Waals surface area contributed by atoms with Crippen LogP contribution in [0, 0.1) is 0 Å². The molecule has 0 bridgehead atoms. The fourth-order valence-corrected chi connectivity index (χ4v) is 4.68. The third kappa shape index (κ3) is 12.1. The molecule has 3 N–H and O–H groups in total. The van der Waals surface area contributed by atoms with Gasteiger partial charge in [0.15, 0.2) is 37.0 Å². The molecule has 2 fully saturated rings. The number of ether oxygens (including phenoxy) is 9. The quantitative estimate of drug-likeness (QED) is 0.106. The van der Waals surface area contributed by atoms with Crippen LogP contribution in [0.3, 0.4) is 0 Å². The fraction of sp³-hybridized carbons (Fsp3) is 0.778. The summed E-state index contributed by atoms with van der Waals surface area (Å²) in [6, 6.07) is 0. The predicted octanol–water partition coefficient (Wildman–Crippen LogP) is -1.45. The zero-order valence-electron chi connectivity index (χ0n) is 26.5. The van der Waals surface area contributed by atoms with E-state index in [4.69, 9.17) is 42.6 Å². The molecule has 0 aromatic carbocycles. The van der Waals surface area contributed by atoms with Crippen LogP contribution in [-0.2, 0) is 71.4 Å². The summed E-state index contributed by atoms with van der Waals surface area (Å²) in [7, 11) is 0. The van der Waals surface area contributed by atoms with Crippen LogP contribution in [0.25, 0.3) is 0 Å². The van der Waals surface area contributed by atoms with Gasteiger partial charge in [-0.3, -0.25) is 28.8 Å². The van der Waals surface area contributed by atoms with Crippen LogP contribution in [0.15, 0.2) is 0 Å². The molecule has 0 spiro atoms. The molecule has 0 radical (unpaired) electrons. The van der Waals surface area contributed by atoms with Crippen molar-refractivity contribution in [3.8, 4) is 0 Å². The summed E-state index contributed by atoms with van der Waals surface area (Å²) in [6.07, 6.45) is -21.9. The first-order chi connectivity index (χ1) is 22.3. The van der Waals surface area contributed by atoms with Crippen molar-refractivity contribution in [1.82, 2.24) is 5.32 Å².